The van der Waals surface area contributed by atoms with Gasteiger partial charge in [0.05, 0.1) is 24.0 Å². The topological polar surface area (TPSA) is 51.7 Å². The Kier molecular flexibility index (Phi) is 4.44. The third kappa shape index (κ3) is 2.70. The molecule has 0 N–H and O–H groups in total. The van der Waals surface area contributed by atoms with Crippen LogP contribution in [-0.2, 0) is 4.74 Å². The maximum atomic E-state index is 11.7. The highest BCUT2D eigenvalue weighted by molar-refractivity contribution is 7.22. The summed E-state index contributed by atoms with van der Waals surface area (Å²) in [7, 11) is 3.36. The summed E-state index contributed by atoms with van der Waals surface area (Å²) in [5.74, 6) is 0.254. The van der Waals surface area contributed by atoms with E-state index in [1.54, 1.807) is 12.1 Å². The average molecular weight is 294 g/mol. The molecule has 108 valence electrons. The van der Waals surface area contributed by atoms with Crippen molar-refractivity contribution in [2.75, 3.05) is 32.2 Å². The number of hydrogen-bond donors (Lipinski definition) is 0. The maximum Gasteiger partial charge on any atom is 0.338 e. The Bertz CT molecular complexity index is 624. The van der Waals surface area contributed by atoms with Gasteiger partial charge in [0.25, 0.3) is 0 Å². The lowest BCUT2D eigenvalue weighted by Gasteiger charge is -2.10. The molecule has 0 fully saturated rings. The lowest BCUT2D eigenvalue weighted by molar-refractivity contribution is 0.0600. The number of anilines is 1. The fourth-order valence-electron chi connectivity index (χ4n) is 1.79. The van der Waals surface area contributed by atoms with Crippen LogP contribution in [0.4, 0.5) is 5.13 Å². The van der Waals surface area contributed by atoms with Crippen molar-refractivity contribution in [2.24, 2.45) is 0 Å². The molecular weight excluding hydrogens is 276 g/mol. The highest BCUT2D eigenvalue weighted by Gasteiger charge is 2.16. The number of carbonyl (C=O) groups excluding carboxylic acids is 1. The Labute approximate surface area is 122 Å². The molecule has 1 aromatic carbocycles. The van der Waals surface area contributed by atoms with Crippen LogP contribution < -0.4 is 9.64 Å². The van der Waals surface area contributed by atoms with Gasteiger partial charge in [-0.3, -0.25) is 0 Å². The van der Waals surface area contributed by atoms with Crippen molar-refractivity contribution in [1.82, 2.24) is 4.98 Å². The van der Waals surface area contributed by atoms with E-state index in [2.05, 4.69) is 16.8 Å². The van der Waals surface area contributed by atoms with Crippen LogP contribution in [0.2, 0.25) is 0 Å². The van der Waals surface area contributed by atoms with Gasteiger partial charge >= 0.3 is 5.97 Å². The van der Waals surface area contributed by atoms with Crippen LogP contribution in [0, 0.1) is 0 Å². The molecule has 2 rings (SSSR count). The molecule has 0 aliphatic rings. The van der Waals surface area contributed by atoms with E-state index in [4.69, 9.17) is 9.47 Å². The molecule has 0 unspecified atom stereocenters. The summed E-state index contributed by atoms with van der Waals surface area (Å²) in [4.78, 5) is 18.4. The minimum Gasteiger partial charge on any atom is -0.492 e. The van der Waals surface area contributed by atoms with Crippen LogP contribution in [0.1, 0.15) is 24.2 Å². The number of fused-ring (bicyclic) bond motifs is 1. The normalized spacial score (nSPS) is 10.6. The first-order valence-corrected chi connectivity index (χ1v) is 7.29. The lowest BCUT2D eigenvalue weighted by Crippen LogP contribution is -2.15. The molecule has 0 spiro atoms. The van der Waals surface area contributed by atoms with E-state index in [0.29, 0.717) is 17.9 Å². The van der Waals surface area contributed by atoms with Crippen molar-refractivity contribution >= 4 is 32.7 Å². The molecule has 1 heterocycles. The van der Waals surface area contributed by atoms with Crippen molar-refractivity contribution in [2.45, 2.75) is 13.8 Å². The van der Waals surface area contributed by atoms with Crippen molar-refractivity contribution in [3.05, 3.63) is 17.7 Å². The third-order valence-electron chi connectivity index (χ3n) is 2.97. The van der Waals surface area contributed by atoms with E-state index in [-0.39, 0.29) is 5.97 Å². The molecule has 0 saturated heterocycles. The molecule has 0 saturated carbocycles. The summed E-state index contributed by atoms with van der Waals surface area (Å²) in [6.45, 7) is 5.36. The number of thiazole rings is 1. The van der Waals surface area contributed by atoms with E-state index in [0.717, 1.165) is 21.9 Å². The summed E-state index contributed by atoms with van der Waals surface area (Å²) < 4.78 is 11.3. The fraction of sp³-hybridized carbons (Fsp3) is 0.429. The van der Waals surface area contributed by atoms with E-state index in [1.165, 1.54) is 18.4 Å². The second-order valence-corrected chi connectivity index (χ2v) is 5.27. The van der Waals surface area contributed by atoms with Gasteiger partial charge in [-0.15, -0.1) is 0 Å². The number of nitrogens with zero attached hydrogens (tertiary/aromatic N) is 2. The molecule has 0 radical (unpaired) electrons. The summed E-state index contributed by atoms with van der Waals surface area (Å²) in [6, 6.07) is 3.49. The number of ether oxygens (including phenoxy) is 2. The molecule has 6 heteroatoms. The van der Waals surface area contributed by atoms with Crippen molar-refractivity contribution in [1.29, 1.82) is 0 Å². The molecule has 0 bridgehead atoms. The molecule has 0 aliphatic heterocycles. The number of rotatable bonds is 5. The summed E-state index contributed by atoms with van der Waals surface area (Å²) in [6.07, 6.45) is 0. The standard InChI is InChI=1S/C14H18N2O3S/c1-5-16(3)14-15-12-10(19-6-2)7-9(13(17)18-4)8-11(12)20-14/h7-8H,5-6H2,1-4H3. The van der Waals surface area contributed by atoms with Crippen molar-refractivity contribution < 1.29 is 14.3 Å². The minimum atomic E-state index is -0.369. The monoisotopic (exact) mass is 294 g/mol. The molecule has 0 atom stereocenters. The molecule has 20 heavy (non-hydrogen) atoms. The molecule has 0 amide bonds. The summed E-state index contributed by atoms with van der Waals surface area (Å²) in [5.41, 5.74) is 1.28. The number of carbonyl (C=O) groups is 1. The zero-order chi connectivity index (χ0) is 14.7. The molecule has 0 aliphatic carbocycles. The van der Waals surface area contributed by atoms with E-state index < -0.39 is 0 Å². The zero-order valence-electron chi connectivity index (χ0n) is 12.1. The lowest BCUT2D eigenvalue weighted by atomic mass is 10.2. The quantitative estimate of drug-likeness (QED) is 0.794. The Hall–Kier alpha value is -1.82. The van der Waals surface area contributed by atoms with Gasteiger partial charge in [-0.1, -0.05) is 11.3 Å². The van der Waals surface area contributed by atoms with Crippen molar-refractivity contribution in [3.8, 4) is 5.75 Å². The van der Waals surface area contributed by atoms with Crippen LogP contribution >= 0.6 is 11.3 Å². The Balaban J connectivity index is 2.58. The first-order chi connectivity index (χ1) is 9.60. The number of methoxy groups -OCH3 is 1. The van der Waals surface area contributed by atoms with Crippen LogP contribution in [0.15, 0.2) is 12.1 Å². The van der Waals surface area contributed by atoms with Gasteiger partial charge in [-0.25, -0.2) is 9.78 Å². The Morgan fingerprint density at radius 3 is 2.75 bits per heavy atom. The van der Waals surface area contributed by atoms with Gasteiger partial charge in [0.15, 0.2) is 5.13 Å². The van der Waals surface area contributed by atoms with Crippen LogP contribution in [-0.4, -0.2) is 38.3 Å². The van der Waals surface area contributed by atoms with Gasteiger partial charge in [0, 0.05) is 13.6 Å². The highest BCUT2D eigenvalue weighted by Crippen LogP contribution is 2.35. The smallest absolute Gasteiger partial charge is 0.338 e. The predicted molar refractivity (Wildman–Crippen MR) is 81.1 cm³/mol. The first-order valence-electron chi connectivity index (χ1n) is 6.47. The van der Waals surface area contributed by atoms with Gasteiger partial charge in [-0.2, -0.15) is 0 Å². The number of esters is 1. The van der Waals surface area contributed by atoms with Crippen LogP contribution in [0.5, 0.6) is 5.75 Å². The van der Waals surface area contributed by atoms with E-state index >= 15 is 0 Å². The summed E-state index contributed by atoms with van der Waals surface area (Å²) in [5, 5.41) is 0.908. The van der Waals surface area contributed by atoms with E-state index in [9.17, 15) is 4.79 Å². The van der Waals surface area contributed by atoms with E-state index in [1.807, 2.05) is 14.0 Å². The molecular formula is C14H18N2O3S. The fourth-order valence-corrected chi connectivity index (χ4v) is 2.83. The number of benzene rings is 1. The van der Waals surface area contributed by atoms with Gasteiger partial charge in [0.1, 0.15) is 11.3 Å². The maximum absolute atomic E-state index is 11.7. The predicted octanol–water partition coefficient (Wildman–Crippen LogP) is 2.94. The van der Waals surface area contributed by atoms with Crippen LogP contribution in [0.25, 0.3) is 10.2 Å². The summed E-state index contributed by atoms with van der Waals surface area (Å²) >= 11 is 1.54. The number of aromatic nitrogens is 1. The third-order valence-corrected chi connectivity index (χ3v) is 4.09. The second kappa shape index (κ2) is 6.09. The molecule has 5 nitrogen and oxygen atoms in total. The van der Waals surface area contributed by atoms with Gasteiger partial charge in [0.2, 0.25) is 0 Å². The minimum absolute atomic E-state index is 0.369. The average Bonchev–Trinajstić information content (AvgIpc) is 2.90. The SMILES string of the molecule is CCOc1cc(C(=O)OC)cc2sc(N(C)CC)nc12. The Morgan fingerprint density at radius 1 is 1.40 bits per heavy atom. The highest BCUT2D eigenvalue weighted by atomic mass is 32.1. The molecule has 1 aromatic heterocycles. The van der Waals surface area contributed by atoms with Crippen molar-refractivity contribution in [3.63, 3.8) is 0 Å². The molecule has 2 aromatic rings. The first kappa shape index (κ1) is 14.6. The van der Waals surface area contributed by atoms with Gasteiger partial charge in [-0.05, 0) is 26.0 Å². The largest absolute Gasteiger partial charge is 0.492 e. The van der Waals surface area contributed by atoms with Gasteiger partial charge < -0.3 is 14.4 Å². The Morgan fingerprint density at radius 2 is 2.15 bits per heavy atom. The number of hydrogen-bond acceptors (Lipinski definition) is 6. The zero-order valence-corrected chi connectivity index (χ0v) is 12.9. The van der Waals surface area contributed by atoms with Crippen LogP contribution in [0.3, 0.4) is 0 Å². The second-order valence-electron chi connectivity index (χ2n) is 4.26.